The van der Waals surface area contributed by atoms with Gasteiger partial charge >= 0.3 is 0 Å². The van der Waals surface area contributed by atoms with Crippen molar-refractivity contribution in [2.24, 2.45) is 0 Å². The van der Waals surface area contributed by atoms with Crippen LogP contribution in [0.3, 0.4) is 0 Å². The first-order valence-corrected chi connectivity index (χ1v) is 11.0. The minimum absolute atomic E-state index is 0.478. The minimum atomic E-state index is 0.478. The van der Waals surface area contributed by atoms with Crippen molar-refractivity contribution in [1.82, 2.24) is 14.9 Å². The molecule has 4 nitrogen and oxygen atoms in total. The molecule has 0 aliphatic carbocycles. The van der Waals surface area contributed by atoms with E-state index in [0.717, 1.165) is 21.4 Å². The summed E-state index contributed by atoms with van der Waals surface area (Å²) in [5.74, 6) is 0.863. The molecule has 0 unspecified atom stereocenters. The van der Waals surface area contributed by atoms with Gasteiger partial charge in [-0.1, -0.05) is 47.5 Å². The Morgan fingerprint density at radius 1 is 1.19 bits per heavy atom. The summed E-state index contributed by atoms with van der Waals surface area (Å²) in [5.41, 5.74) is 0.897. The van der Waals surface area contributed by atoms with Crippen molar-refractivity contribution in [2.45, 2.75) is 67.1 Å². The molecule has 2 aliphatic rings. The lowest BCUT2D eigenvalue weighted by atomic mass is 9.82. The molecular weight excluding hydrogens is 399 g/mol. The van der Waals surface area contributed by atoms with Gasteiger partial charge in [0.2, 0.25) is 0 Å². The van der Waals surface area contributed by atoms with Crippen LogP contribution in [0, 0.1) is 6.92 Å². The molecule has 2 saturated heterocycles. The summed E-state index contributed by atoms with van der Waals surface area (Å²) in [6, 6.07) is 7.50. The van der Waals surface area contributed by atoms with Gasteiger partial charge in [-0.2, -0.15) is 0 Å². The second-order valence-electron chi connectivity index (χ2n) is 7.52. The van der Waals surface area contributed by atoms with Crippen LogP contribution in [0.2, 0.25) is 10.0 Å². The Labute approximate surface area is 175 Å². The molecule has 7 heteroatoms. The Bertz CT molecular complexity index is 818. The number of nitrogens with one attached hydrogen (secondary N) is 1. The molecule has 2 aromatic rings. The fourth-order valence-corrected chi connectivity index (χ4v) is 5.58. The number of aromatic nitrogens is 2. The van der Waals surface area contributed by atoms with Crippen LogP contribution in [0.15, 0.2) is 34.3 Å². The number of halogens is 2. The smallest absolute Gasteiger partial charge is 0.145 e. The number of rotatable bonds is 4. The molecule has 0 saturated carbocycles. The van der Waals surface area contributed by atoms with Gasteiger partial charge in [0.25, 0.3) is 0 Å². The molecule has 1 N–H and O–H groups in total. The van der Waals surface area contributed by atoms with Crippen molar-refractivity contribution in [2.75, 3.05) is 12.4 Å². The van der Waals surface area contributed by atoms with Crippen molar-refractivity contribution in [3.05, 3.63) is 40.1 Å². The highest BCUT2D eigenvalue weighted by Gasteiger charge is 2.36. The van der Waals surface area contributed by atoms with Crippen molar-refractivity contribution in [3.8, 4) is 0 Å². The molecule has 0 amide bonds. The van der Waals surface area contributed by atoms with Crippen LogP contribution in [0.4, 0.5) is 5.82 Å². The molecule has 1 aromatic heterocycles. The van der Waals surface area contributed by atoms with Crippen LogP contribution in [0.25, 0.3) is 0 Å². The summed E-state index contributed by atoms with van der Waals surface area (Å²) in [6.07, 6.45) is 8.19. The van der Waals surface area contributed by atoms with E-state index in [-0.39, 0.29) is 0 Å². The van der Waals surface area contributed by atoms with E-state index < -0.39 is 0 Å². The average molecular weight is 423 g/mol. The summed E-state index contributed by atoms with van der Waals surface area (Å²) >= 11 is 13.9. The zero-order valence-corrected chi connectivity index (χ0v) is 17.9. The monoisotopic (exact) mass is 422 g/mol. The SMILES string of the molecule is Cc1nc(N[C@H]2C[C@H]3CCC[C@@H](C2)N3C)cnc1Sc1cccc(Cl)c1Cl. The quantitative estimate of drug-likeness (QED) is 0.686. The Kier molecular flexibility index (Phi) is 5.83. The number of hydrogen-bond acceptors (Lipinski definition) is 5. The first kappa shape index (κ1) is 19.3. The van der Waals surface area contributed by atoms with Crippen LogP contribution in [-0.4, -0.2) is 40.0 Å². The summed E-state index contributed by atoms with van der Waals surface area (Å²) < 4.78 is 0. The van der Waals surface area contributed by atoms with Crippen molar-refractivity contribution >= 4 is 40.8 Å². The number of piperidine rings is 2. The highest BCUT2D eigenvalue weighted by atomic mass is 35.5. The Morgan fingerprint density at radius 3 is 2.63 bits per heavy atom. The van der Waals surface area contributed by atoms with E-state index in [2.05, 4.69) is 22.2 Å². The molecule has 0 spiro atoms. The highest BCUT2D eigenvalue weighted by Crippen LogP contribution is 2.37. The predicted octanol–water partition coefficient (Wildman–Crippen LogP) is 5.67. The number of hydrogen-bond donors (Lipinski definition) is 1. The zero-order chi connectivity index (χ0) is 19.0. The molecule has 3 atom stereocenters. The number of aryl methyl sites for hydroxylation is 1. The van der Waals surface area contributed by atoms with Crippen molar-refractivity contribution in [1.29, 1.82) is 0 Å². The summed E-state index contributed by atoms with van der Waals surface area (Å²) in [7, 11) is 2.28. The normalized spacial score (nSPS) is 25.4. The maximum absolute atomic E-state index is 6.30. The van der Waals surface area contributed by atoms with Crippen LogP contribution in [-0.2, 0) is 0 Å². The number of anilines is 1. The third kappa shape index (κ3) is 4.21. The minimum Gasteiger partial charge on any atom is -0.366 e. The molecule has 2 bridgehead atoms. The Balaban J connectivity index is 1.45. The molecular formula is C20H24Cl2N4S. The molecule has 0 radical (unpaired) electrons. The summed E-state index contributed by atoms with van der Waals surface area (Å²) in [6.45, 7) is 1.99. The van der Waals surface area contributed by atoms with Gasteiger partial charge in [-0.3, -0.25) is 0 Å². The second-order valence-corrected chi connectivity index (χ2v) is 9.33. The van der Waals surface area contributed by atoms with Crippen LogP contribution < -0.4 is 5.32 Å². The maximum atomic E-state index is 6.30. The molecule has 27 heavy (non-hydrogen) atoms. The lowest BCUT2D eigenvalue weighted by Crippen LogP contribution is -2.52. The number of nitrogens with zero attached hydrogens (tertiary/aromatic N) is 3. The van der Waals surface area contributed by atoms with Crippen LogP contribution in [0.5, 0.6) is 0 Å². The average Bonchev–Trinajstić information content (AvgIpc) is 2.62. The standard InChI is InChI=1S/C20H24Cl2N4S/c1-12-20(27-17-8-4-7-16(21)19(17)22)23-11-18(24-12)25-13-9-14-5-3-6-15(10-13)26(14)2/h4,7-8,11,13-15H,3,5-6,9-10H2,1-2H3,(H,24,25)/t13-,14+,15-. The van der Waals surface area contributed by atoms with E-state index in [1.54, 1.807) is 6.07 Å². The van der Waals surface area contributed by atoms with Gasteiger partial charge in [-0.15, -0.1) is 0 Å². The van der Waals surface area contributed by atoms with Crippen molar-refractivity contribution < 1.29 is 0 Å². The van der Waals surface area contributed by atoms with Gasteiger partial charge in [-0.05, 0) is 51.8 Å². The largest absolute Gasteiger partial charge is 0.366 e. The van der Waals surface area contributed by atoms with Gasteiger partial charge in [0.05, 0.1) is 21.9 Å². The molecule has 144 valence electrons. The number of fused-ring (bicyclic) bond motifs is 2. The van der Waals surface area contributed by atoms with E-state index in [0.29, 0.717) is 28.2 Å². The van der Waals surface area contributed by atoms with Gasteiger partial charge in [0.1, 0.15) is 10.8 Å². The lowest BCUT2D eigenvalue weighted by molar-refractivity contribution is 0.0608. The van der Waals surface area contributed by atoms with Gasteiger partial charge < -0.3 is 10.2 Å². The molecule has 1 aromatic carbocycles. The first-order valence-electron chi connectivity index (χ1n) is 9.45. The molecule has 2 fully saturated rings. The number of benzene rings is 1. The first-order chi connectivity index (χ1) is 13.0. The second kappa shape index (κ2) is 8.16. The third-order valence-corrected chi connectivity index (χ3v) is 7.80. The topological polar surface area (TPSA) is 41.1 Å². The molecule has 4 rings (SSSR count). The lowest BCUT2D eigenvalue weighted by Gasteiger charge is -2.47. The zero-order valence-electron chi connectivity index (χ0n) is 15.6. The molecule has 3 heterocycles. The fraction of sp³-hybridized carbons (Fsp3) is 0.500. The fourth-order valence-electron chi connectivity index (χ4n) is 4.25. The van der Waals surface area contributed by atoms with E-state index in [4.69, 9.17) is 28.2 Å². The predicted molar refractivity (Wildman–Crippen MR) is 113 cm³/mol. The molecule has 2 aliphatic heterocycles. The summed E-state index contributed by atoms with van der Waals surface area (Å²) in [4.78, 5) is 12.8. The Hall–Kier alpha value is -1.01. The van der Waals surface area contributed by atoms with Gasteiger partial charge in [0.15, 0.2) is 0 Å². The van der Waals surface area contributed by atoms with Gasteiger partial charge in [0, 0.05) is 23.0 Å². The van der Waals surface area contributed by atoms with E-state index in [1.807, 2.05) is 25.3 Å². The Morgan fingerprint density at radius 2 is 1.93 bits per heavy atom. The van der Waals surface area contributed by atoms with Crippen LogP contribution >= 0.6 is 35.0 Å². The van der Waals surface area contributed by atoms with E-state index >= 15 is 0 Å². The van der Waals surface area contributed by atoms with Crippen LogP contribution in [0.1, 0.15) is 37.8 Å². The van der Waals surface area contributed by atoms with Gasteiger partial charge in [-0.25, -0.2) is 9.97 Å². The summed E-state index contributed by atoms with van der Waals surface area (Å²) in [5, 5.41) is 5.59. The maximum Gasteiger partial charge on any atom is 0.145 e. The highest BCUT2D eigenvalue weighted by molar-refractivity contribution is 7.99. The van der Waals surface area contributed by atoms with E-state index in [1.165, 1.54) is 43.9 Å². The van der Waals surface area contributed by atoms with Crippen molar-refractivity contribution in [3.63, 3.8) is 0 Å². The van der Waals surface area contributed by atoms with E-state index in [9.17, 15) is 0 Å². The third-order valence-electron chi connectivity index (χ3n) is 5.72.